The van der Waals surface area contributed by atoms with Gasteiger partial charge in [-0.3, -0.25) is 0 Å². The van der Waals surface area contributed by atoms with Crippen LogP contribution in [-0.2, 0) is 24.5 Å². The number of carbonyl (C=O) groups excluding carboxylic acids is 4. The lowest BCUT2D eigenvalue weighted by Crippen LogP contribution is -2.24. The van der Waals surface area contributed by atoms with Crippen molar-refractivity contribution in [1.82, 2.24) is 0 Å². The SMILES string of the molecule is C=C(C)C(=O)Oc1ccc(C(C)(C)c2ccc(OC(=O)C(=C)C)cc2OC(=O)OCC)c(OC(=O)OCC)c1. The minimum atomic E-state index is -1.00. The molecular formula is C29H32O10. The van der Waals surface area contributed by atoms with Gasteiger partial charge in [0.25, 0.3) is 0 Å². The molecule has 2 aromatic carbocycles. The Labute approximate surface area is 227 Å². The molecule has 0 heterocycles. The zero-order chi connectivity index (χ0) is 29.3. The third-order valence-corrected chi connectivity index (χ3v) is 5.28. The van der Waals surface area contributed by atoms with Crippen molar-refractivity contribution < 1.29 is 47.6 Å². The van der Waals surface area contributed by atoms with E-state index in [0.717, 1.165) is 0 Å². The molecule has 10 nitrogen and oxygen atoms in total. The molecule has 0 unspecified atom stereocenters. The van der Waals surface area contributed by atoms with Crippen LogP contribution in [0.25, 0.3) is 0 Å². The zero-order valence-corrected chi connectivity index (χ0v) is 22.9. The Morgan fingerprint density at radius 2 is 1.03 bits per heavy atom. The lowest BCUT2D eigenvalue weighted by atomic mass is 9.77. The first-order valence-electron chi connectivity index (χ1n) is 12.0. The van der Waals surface area contributed by atoms with Crippen LogP contribution in [0.1, 0.15) is 52.7 Å². The molecule has 0 aromatic heterocycles. The van der Waals surface area contributed by atoms with Crippen LogP contribution in [0.2, 0.25) is 0 Å². The molecule has 0 fully saturated rings. The van der Waals surface area contributed by atoms with Gasteiger partial charge in [0.1, 0.15) is 23.0 Å². The molecule has 0 saturated carbocycles. The lowest BCUT2D eigenvalue weighted by molar-refractivity contribution is -0.130. The van der Waals surface area contributed by atoms with Crippen molar-refractivity contribution in [3.05, 3.63) is 71.8 Å². The molecule has 0 radical (unpaired) electrons. The molecule has 0 aliphatic heterocycles. The van der Waals surface area contributed by atoms with Gasteiger partial charge in [0, 0.05) is 39.8 Å². The highest BCUT2D eigenvalue weighted by Gasteiger charge is 2.33. The van der Waals surface area contributed by atoms with Gasteiger partial charge in [-0.1, -0.05) is 39.1 Å². The van der Waals surface area contributed by atoms with Crippen molar-refractivity contribution in [2.45, 2.75) is 47.0 Å². The average Bonchev–Trinajstić information content (AvgIpc) is 2.84. The van der Waals surface area contributed by atoms with Crippen molar-refractivity contribution in [2.75, 3.05) is 13.2 Å². The van der Waals surface area contributed by atoms with Gasteiger partial charge < -0.3 is 28.4 Å². The normalized spacial score (nSPS) is 10.6. The van der Waals surface area contributed by atoms with E-state index in [1.807, 2.05) is 0 Å². The maximum Gasteiger partial charge on any atom is 0.513 e. The summed E-state index contributed by atoms with van der Waals surface area (Å²) in [6.07, 6.45) is -1.94. The van der Waals surface area contributed by atoms with Gasteiger partial charge >= 0.3 is 24.2 Å². The molecule has 0 bridgehead atoms. The lowest BCUT2D eigenvalue weighted by Gasteiger charge is -2.29. The van der Waals surface area contributed by atoms with Gasteiger partial charge in [0.2, 0.25) is 0 Å². The Morgan fingerprint density at radius 3 is 1.33 bits per heavy atom. The molecule has 2 rings (SSSR count). The Morgan fingerprint density at radius 1 is 0.667 bits per heavy atom. The van der Waals surface area contributed by atoms with E-state index in [-0.39, 0.29) is 47.4 Å². The van der Waals surface area contributed by atoms with Crippen molar-refractivity contribution in [3.63, 3.8) is 0 Å². The van der Waals surface area contributed by atoms with E-state index < -0.39 is 29.7 Å². The largest absolute Gasteiger partial charge is 0.513 e. The number of ether oxygens (including phenoxy) is 6. The first kappa shape index (κ1) is 30.6. The van der Waals surface area contributed by atoms with Crippen molar-refractivity contribution >= 4 is 24.2 Å². The molecule has 39 heavy (non-hydrogen) atoms. The van der Waals surface area contributed by atoms with Crippen LogP contribution in [0.4, 0.5) is 9.59 Å². The fraction of sp³-hybridized carbons (Fsp3) is 0.310. The molecule has 0 spiro atoms. The number of benzene rings is 2. The van der Waals surface area contributed by atoms with Crippen LogP contribution in [0.3, 0.4) is 0 Å². The summed E-state index contributed by atoms with van der Waals surface area (Å²) in [6, 6.07) is 8.96. The second-order valence-corrected chi connectivity index (χ2v) is 8.85. The maximum absolute atomic E-state index is 12.2. The van der Waals surface area contributed by atoms with Crippen molar-refractivity contribution in [1.29, 1.82) is 0 Å². The second kappa shape index (κ2) is 13.3. The average molecular weight is 541 g/mol. The van der Waals surface area contributed by atoms with Gasteiger partial charge in [0.05, 0.1) is 13.2 Å². The molecule has 0 N–H and O–H groups in total. The molecule has 0 amide bonds. The molecule has 208 valence electrons. The van der Waals surface area contributed by atoms with E-state index in [9.17, 15) is 19.2 Å². The highest BCUT2D eigenvalue weighted by Crippen LogP contribution is 2.44. The molecule has 2 aromatic rings. The topological polar surface area (TPSA) is 124 Å². The molecule has 0 aliphatic rings. The van der Waals surface area contributed by atoms with Crippen LogP contribution in [0, 0.1) is 0 Å². The number of esters is 2. The summed E-state index contributed by atoms with van der Waals surface area (Å²) < 4.78 is 31.4. The summed E-state index contributed by atoms with van der Waals surface area (Å²) in [6.45, 7) is 17.1. The Kier molecular flexibility index (Phi) is 10.4. The molecule has 0 atom stereocenters. The third-order valence-electron chi connectivity index (χ3n) is 5.28. The predicted molar refractivity (Wildman–Crippen MR) is 141 cm³/mol. The highest BCUT2D eigenvalue weighted by atomic mass is 16.7. The van der Waals surface area contributed by atoms with Crippen LogP contribution in [0.15, 0.2) is 60.7 Å². The maximum atomic E-state index is 12.2. The van der Waals surface area contributed by atoms with E-state index >= 15 is 0 Å². The third kappa shape index (κ3) is 8.19. The van der Waals surface area contributed by atoms with Gasteiger partial charge in [-0.2, -0.15) is 0 Å². The van der Waals surface area contributed by atoms with Crippen LogP contribution in [-0.4, -0.2) is 37.5 Å². The van der Waals surface area contributed by atoms with Crippen LogP contribution >= 0.6 is 0 Å². The van der Waals surface area contributed by atoms with Crippen molar-refractivity contribution in [2.24, 2.45) is 0 Å². The minimum absolute atomic E-state index is 0.0327. The Balaban J connectivity index is 2.65. The van der Waals surface area contributed by atoms with E-state index in [1.54, 1.807) is 39.8 Å². The van der Waals surface area contributed by atoms with Crippen LogP contribution in [0.5, 0.6) is 23.0 Å². The van der Waals surface area contributed by atoms with Crippen LogP contribution < -0.4 is 18.9 Å². The summed E-state index contributed by atoms with van der Waals surface area (Å²) in [5.74, 6) is -1.04. The summed E-state index contributed by atoms with van der Waals surface area (Å²) in [4.78, 5) is 48.6. The molecular weight excluding hydrogens is 508 g/mol. The van der Waals surface area contributed by atoms with Gasteiger partial charge in [-0.05, 0) is 39.8 Å². The van der Waals surface area contributed by atoms with E-state index in [4.69, 9.17) is 28.4 Å². The minimum Gasteiger partial charge on any atom is -0.434 e. The fourth-order valence-electron chi connectivity index (χ4n) is 3.34. The summed E-state index contributed by atoms with van der Waals surface area (Å²) in [5.41, 5.74) is 0.260. The van der Waals surface area contributed by atoms with E-state index in [1.165, 1.54) is 38.1 Å². The Hall–Kier alpha value is -4.60. The molecule has 0 aliphatic carbocycles. The van der Waals surface area contributed by atoms with E-state index in [2.05, 4.69) is 13.2 Å². The highest BCUT2D eigenvalue weighted by molar-refractivity contribution is 5.89. The van der Waals surface area contributed by atoms with Gasteiger partial charge in [0.15, 0.2) is 0 Å². The smallest absolute Gasteiger partial charge is 0.434 e. The van der Waals surface area contributed by atoms with Gasteiger partial charge in [-0.25, -0.2) is 19.2 Å². The first-order valence-corrected chi connectivity index (χ1v) is 12.0. The molecule has 0 saturated heterocycles. The number of hydrogen-bond acceptors (Lipinski definition) is 10. The second-order valence-electron chi connectivity index (χ2n) is 8.85. The summed E-state index contributed by atoms with van der Waals surface area (Å²) in [5, 5.41) is 0. The summed E-state index contributed by atoms with van der Waals surface area (Å²) >= 11 is 0. The summed E-state index contributed by atoms with van der Waals surface area (Å²) in [7, 11) is 0. The first-order chi connectivity index (χ1) is 18.3. The molecule has 10 heteroatoms. The monoisotopic (exact) mass is 540 g/mol. The number of hydrogen-bond donors (Lipinski definition) is 0. The fourth-order valence-corrected chi connectivity index (χ4v) is 3.34. The quantitative estimate of drug-likeness (QED) is 0.152. The zero-order valence-electron chi connectivity index (χ0n) is 22.9. The number of rotatable bonds is 10. The standard InChI is InChI=1S/C29H32O10/c1-9-34-27(32)38-23-15-19(36-25(30)17(3)4)11-13-21(23)29(7,8)22-14-12-20(37-26(31)18(5)6)16-24(22)39-28(33)35-10-2/h11-16H,3,5,9-10H2,1-2,4,6-8H3. The van der Waals surface area contributed by atoms with E-state index in [0.29, 0.717) is 11.1 Å². The van der Waals surface area contributed by atoms with Gasteiger partial charge in [-0.15, -0.1) is 0 Å². The van der Waals surface area contributed by atoms with Crippen molar-refractivity contribution in [3.8, 4) is 23.0 Å². The Bertz CT molecular complexity index is 1190. The predicted octanol–water partition coefficient (Wildman–Crippen LogP) is 6.05. The number of carbonyl (C=O) groups is 4.